The monoisotopic (exact) mass is 205 g/mol. The van der Waals surface area contributed by atoms with E-state index < -0.39 is 5.97 Å². The summed E-state index contributed by atoms with van der Waals surface area (Å²) in [6.45, 7) is 1.31. The molecule has 0 N–H and O–H groups in total. The lowest BCUT2D eigenvalue weighted by atomic mass is 10.1. The number of carbonyl (C=O) groups excluding carboxylic acids is 2. The summed E-state index contributed by atoms with van der Waals surface area (Å²) in [5.41, 5.74) is 0.546. The molecule has 0 unspecified atom stereocenters. The number of Topliss-reactive ketones (excluding diaryl/α,β-unsaturated/α-hetero) is 1. The molecule has 1 aromatic heterocycles. The van der Waals surface area contributed by atoms with Gasteiger partial charge in [0.25, 0.3) is 0 Å². The second-order valence-electron chi connectivity index (χ2n) is 2.86. The molecule has 1 heterocycles. The summed E-state index contributed by atoms with van der Waals surface area (Å²) in [5, 5.41) is 0. The normalized spacial score (nSPS) is 10.9. The third-order valence-electron chi connectivity index (χ3n) is 1.76. The molecule has 78 valence electrons. The van der Waals surface area contributed by atoms with Crippen LogP contribution in [0.2, 0.25) is 0 Å². The van der Waals surface area contributed by atoms with Gasteiger partial charge in [-0.1, -0.05) is 6.07 Å². The number of rotatable bonds is 3. The number of hydrogen-bond donors (Lipinski definition) is 0. The number of pyridine rings is 1. The Morgan fingerprint density at radius 2 is 2.13 bits per heavy atom. The fourth-order valence-corrected chi connectivity index (χ4v) is 1.02. The van der Waals surface area contributed by atoms with Crippen molar-refractivity contribution in [2.75, 3.05) is 7.11 Å². The largest absolute Gasteiger partial charge is 0.465 e. The Morgan fingerprint density at radius 3 is 2.60 bits per heavy atom. The molecule has 0 fully saturated rings. The smallest absolute Gasteiger partial charge is 0.341 e. The Balaban J connectivity index is 3.05. The van der Waals surface area contributed by atoms with Crippen molar-refractivity contribution < 1.29 is 14.3 Å². The molecule has 15 heavy (non-hydrogen) atoms. The summed E-state index contributed by atoms with van der Waals surface area (Å²) in [7, 11) is 1.23. The third kappa shape index (κ3) is 3.02. The maximum Gasteiger partial charge on any atom is 0.341 e. The first kappa shape index (κ1) is 11.1. The first-order valence-corrected chi connectivity index (χ1v) is 4.37. The predicted octanol–water partition coefficient (Wildman–Crippen LogP) is 1.23. The molecular weight excluding hydrogens is 194 g/mol. The minimum absolute atomic E-state index is 0.00352. The summed E-state index contributed by atoms with van der Waals surface area (Å²) in [5.74, 6) is -0.986. The molecule has 0 saturated heterocycles. The van der Waals surface area contributed by atoms with E-state index in [1.165, 1.54) is 20.1 Å². The molecule has 0 aromatic carbocycles. The highest BCUT2D eigenvalue weighted by Gasteiger charge is 2.14. The second kappa shape index (κ2) is 5.05. The van der Waals surface area contributed by atoms with Crippen LogP contribution in [0.4, 0.5) is 0 Å². The van der Waals surface area contributed by atoms with E-state index in [2.05, 4.69) is 9.72 Å². The molecule has 0 aliphatic heterocycles. The van der Waals surface area contributed by atoms with Gasteiger partial charge in [-0.2, -0.15) is 0 Å². The lowest BCUT2D eigenvalue weighted by Gasteiger charge is -2.00. The fraction of sp³-hybridized carbons (Fsp3) is 0.182. The highest BCUT2D eigenvalue weighted by Crippen LogP contribution is 2.06. The van der Waals surface area contributed by atoms with Crippen molar-refractivity contribution in [1.82, 2.24) is 4.98 Å². The molecule has 0 atom stereocenters. The van der Waals surface area contributed by atoms with Gasteiger partial charge in [0.05, 0.1) is 12.8 Å². The molecule has 4 nitrogen and oxygen atoms in total. The van der Waals surface area contributed by atoms with Gasteiger partial charge in [0.2, 0.25) is 0 Å². The molecule has 0 saturated carbocycles. The third-order valence-corrected chi connectivity index (χ3v) is 1.76. The van der Waals surface area contributed by atoms with Crippen LogP contribution in [0.25, 0.3) is 6.08 Å². The van der Waals surface area contributed by atoms with E-state index in [1.54, 1.807) is 24.4 Å². The van der Waals surface area contributed by atoms with Gasteiger partial charge in [-0.3, -0.25) is 9.78 Å². The van der Waals surface area contributed by atoms with Crippen LogP contribution in [0.5, 0.6) is 0 Å². The maximum absolute atomic E-state index is 11.2. The van der Waals surface area contributed by atoms with Crippen molar-refractivity contribution >= 4 is 17.8 Å². The first-order chi connectivity index (χ1) is 7.15. The van der Waals surface area contributed by atoms with E-state index in [0.29, 0.717) is 5.69 Å². The number of aromatic nitrogens is 1. The molecule has 1 aromatic rings. The van der Waals surface area contributed by atoms with Gasteiger partial charge in [0.1, 0.15) is 5.57 Å². The van der Waals surface area contributed by atoms with Crippen LogP contribution >= 0.6 is 0 Å². The first-order valence-electron chi connectivity index (χ1n) is 4.37. The summed E-state index contributed by atoms with van der Waals surface area (Å²) >= 11 is 0. The number of esters is 1. The molecule has 0 amide bonds. The standard InChI is InChI=1S/C11H11NO3/c1-8(13)10(11(14)15-2)7-9-5-3-4-6-12-9/h3-7H,1-2H3/b10-7-. The van der Waals surface area contributed by atoms with E-state index in [1.807, 2.05) is 0 Å². The summed E-state index contributed by atoms with van der Waals surface area (Å²) in [6, 6.07) is 5.22. The van der Waals surface area contributed by atoms with Gasteiger partial charge in [0.15, 0.2) is 5.78 Å². The zero-order chi connectivity index (χ0) is 11.3. The van der Waals surface area contributed by atoms with Crippen molar-refractivity contribution in [3.63, 3.8) is 0 Å². The molecule has 0 radical (unpaired) electrons. The number of hydrogen-bond acceptors (Lipinski definition) is 4. The molecule has 1 rings (SSSR count). The van der Waals surface area contributed by atoms with Crippen molar-refractivity contribution in [2.24, 2.45) is 0 Å². The van der Waals surface area contributed by atoms with Gasteiger partial charge in [-0.25, -0.2) is 4.79 Å². The van der Waals surface area contributed by atoms with Crippen molar-refractivity contribution in [3.05, 3.63) is 35.7 Å². The SMILES string of the molecule is COC(=O)/C(=C\c1ccccn1)C(C)=O. The van der Waals surface area contributed by atoms with E-state index in [-0.39, 0.29) is 11.4 Å². The predicted molar refractivity (Wildman–Crippen MR) is 54.9 cm³/mol. The Morgan fingerprint density at radius 1 is 1.40 bits per heavy atom. The highest BCUT2D eigenvalue weighted by molar-refractivity contribution is 6.19. The van der Waals surface area contributed by atoms with Gasteiger partial charge < -0.3 is 4.74 Å². The Kier molecular flexibility index (Phi) is 3.74. The van der Waals surface area contributed by atoms with Crippen LogP contribution in [-0.2, 0) is 14.3 Å². The molecule has 0 aliphatic carbocycles. The number of ketones is 1. The topological polar surface area (TPSA) is 56.3 Å². The van der Waals surface area contributed by atoms with Crippen molar-refractivity contribution in [1.29, 1.82) is 0 Å². The van der Waals surface area contributed by atoms with Gasteiger partial charge in [-0.05, 0) is 25.1 Å². The number of ether oxygens (including phenoxy) is 1. The minimum atomic E-state index is -0.645. The van der Waals surface area contributed by atoms with Crippen molar-refractivity contribution in [3.8, 4) is 0 Å². The van der Waals surface area contributed by atoms with Crippen LogP contribution in [0.1, 0.15) is 12.6 Å². The van der Waals surface area contributed by atoms with Crippen LogP contribution in [0.3, 0.4) is 0 Å². The number of nitrogens with zero attached hydrogens (tertiary/aromatic N) is 1. The summed E-state index contributed by atoms with van der Waals surface area (Å²) in [4.78, 5) is 26.4. The lowest BCUT2D eigenvalue weighted by molar-refractivity contribution is -0.137. The van der Waals surface area contributed by atoms with E-state index in [0.717, 1.165) is 0 Å². The highest BCUT2D eigenvalue weighted by atomic mass is 16.5. The van der Waals surface area contributed by atoms with Crippen LogP contribution < -0.4 is 0 Å². The average Bonchev–Trinajstić information content (AvgIpc) is 2.26. The maximum atomic E-state index is 11.2. The average molecular weight is 205 g/mol. The van der Waals surface area contributed by atoms with E-state index >= 15 is 0 Å². The van der Waals surface area contributed by atoms with E-state index in [4.69, 9.17) is 0 Å². The minimum Gasteiger partial charge on any atom is -0.465 e. The van der Waals surface area contributed by atoms with Gasteiger partial charge in [0, 0.05) is 6.20 Å². The number of carbonyl (C=O) groups is 2. The summed E-state index contributed by atoms with van der Waals surface area (Å²) in [6.07, 6.45) is 3.00. The zero-order valence-electron chi connectivity index (χ0n) is 8.56. The van der Waals surface area contributed by atoms with Crippen molar-refractivity contribution in [2.45, 2.75) is 6.92 Å². The zero-order valence-corrected chi connectivity index (χ0v) is 8.56. The van der Waals surface area contributed by atoms with Crippen LogP contribution in [-0.4, -0.2) is 23.8 Å². The van der Waals surface area contributed by atoms with E-state index in [9.17, 15) is 9.59 Å². The molecule has 4 heteroatoms. The number of methoxy groups -OCH3 is 1. The summed E-state index contributed by atoms with van der Waals surface area (Å²) < 4.78 is 4.49. The van der Waals surface area contributed by atoms with Gasteiger partial charge in [-0.15, -0.1) is 0 Å². The Bertz CT molecular complexity index is 396. The Labute approximate surface area is 87.6 Å². The Hall–Kier alpha value is -1.97. The fourth-order valence-electron chi connectivity index (χ4n) is 1.02. The quantitative estimate of drug-likeness (QED) is 0.322. The van der Waals surface area contributed by atoms with Crippen LogP contribution in [0.15, 0.2) is 30.0 Å². The van der Waals surface area contributed by atoms with Crippen LogP contribution in [0, 0.1) is 0 Å². The molecule has 0 spiro atoms. The lowest BCUT2D eigenvalue weighted by Crippen LogP contribution is -2.11. The molecular formula is C11H11NO3. The molecule has 0 bridgehead atoms. The second-order valence-corrected chi connectivity index (χ2v) is 2.86. The van der Waals surface area contributed by atoms with Gasteiger partial charge >= 0.3 is 5.97 Å². The molecule has 0 aliphatic rings.